The standard InChI is InChI=1S/C22H26N2O5S/c25-20(23-9-11-24(12-10-23)21(26)17-7-5-13-28-17)15-29-22(27)19-14-16-6-3-1-2-4-8-18(16)30-19/h5,7,13-14H,1-4,6,8-12,15H2. The van der Waals surface area contributed by atoms with Crippen LogP contribution in [0.4, 0.5) is 0 Å². The van der Waals surface area contributed by atoms with Crippen molar-refractivity contribution in [1.82, 2.24) is 9.80 Å². The molecule has 3 heterocycles. The highest BCUT2D eigenvalue weighted by Crippen LogP contribution is 2.29. The quantitative estimate of drug-likeness (QED) is 0.696. The number of hydrogen-bond donors (Lipinski definition) is 0. The highest BCUT2D eigenvalue weighted by atomic mass is 32.1. The molecule has 0 radical (unpaired) electrons. The fourth-order valence-electron chi connectivity index (χ4n) is 3.95. The maximum atomic E-state index is 12.5. The van der Waals surface area contributed by atoms with Crippen LogP contribution in [0.5, 0.6) is 0 Å². The lowest BCUT2D eigenvalue weighted by molar-refractivity contribution is -0.136. The second kappa shape index (κ2) is 9.47. The second-order valence-corrected chi connectivity index (χ2v) is 8.84. The van der Waals surface area contributed by atoms with Crippen molar-refractivity contribution in [2.45, 2.75) is 38.5 Å². The van der Waals surface area contributed by atoms with E-state index in [9.17, 15) is 14.4 Å². The van der Waals surface area contributed by atoms with E-state index in [1.807, 2.05) is 6.07 Å². The monoisotopic (exact) mass is 430 g/mol. The van der Waals surface area contributed by atoms with Crippen LogP contribution in [-0.2, 0) is 22.4 Å². The molecule has 0 atom stereocenters. The minimum Gasteiger partial charge on any atom is -0.459 e. The van der Waals surface area contributed by atoms with E-state index < -0.39 is 5.97 Å². The van der Waals surface area contributed by atoms with Gasteiger partial charge in [0.1, 0.15) is 4.88 Å². The van der Waals surface area contributed by atoms with E-state index in [4.69, 9.17) is 9.15 Å². The molecule has 0 aromatic carbocycles. The molecular weight excluding hydrogens is 404 g/mol. The average Bonchev–Trinajstić information content (AvgIpc) is 3.42. The van der Waals surface area contributed by atoms with E-state index in [1.165, 1.54) is 40.9 Å². The normalized spacial score (nSPS) is 17.1. The molecule has 1 saturated heterocycles. The van der Waals surface area contributed by atoms with Gasteiger partial charge in [0.05, 0.1) is 6.26 Å². The first-order chi connectivity index (χ1) is 14.6. The van der Waals surface area contributed by atoms with Gasteiger partial charge in [-0.3, -0.25) is 9.59 Å². The SMILES string of the molecule is O=C(OCC(=O)N1CCN(C(=O)c2ccco2)CC1)c1cc2c(s1)CCCCCC2. The third-order valence-electron chi connectivity index (χ3n) is 5.68. The number of esters is 1. The Hall–Kier alpha value is -2.61. The number of hydrogen-bond acceptors (Lipinski definition) is 6. The summed E-state index contributed by atoms with van der Waals surface area (Å²) in [5.41, 5.74) is 1.26. The predicted octanol–water partition coefficient (Wildman–Crippen LogP) is 3.14. The van der Waals surface area contributed by atoms with Crippen LogP contribution in [0.1, 0.15) is 56.4 Å². The molecule has 2 aromatic heterocycles. The lowest BCUT2D eigenvalue weighted by Gasteiger charge is -2.34. The van der Waals surface area contributed by atoms with Crippen molar-refractivity contribution in [2.75, 3.05) is 32.8 Å². The van der Waals surface area contributed by atoms with Gasteiger partial charge in [0.2, 0.25) is 0 Å². The van der Waals surface area contributed by atoms with Gasteiger partial charge in [-0.15, -0.1) is 11.3 Å². The van der Waals surface area contributed by atoms with Crippen molar-refractivity contribution in [1.29, 1.82) is 0 Å². The average molecular weight is 431 g/mol. The summed E-state index contributed by atoms with van der Waals surface area (Å²) in [6, 6.07) is 5.25. The first-order valence-electron chi connectivity index (χ1n) is 10.5. The molecule has 2 aliphatic rings. The molecule has 2 amide bonds. The zero-order chi connectivity index (χ0) is 20.9. The van der Waals surface area contributed by atoms with E-state index in [-0.39, 0.29) is 18.4 Å². The minimum atomic E-state index is -0.424. The zero-order valence-electron chi connectivity index (χ0n) is 16.9. The van der Waals surface area contributed by atoms with E-state index in [0.29, 0.717) is 36.8 Å². The van der Waals surface area contributed by atoms with Gasteiger partial charge >= 0.3 is 5.97 Å². The van der Waals surface area contributed by atoms with Crippen LogP contribution in [0.15, 0.2) is 28.9 Å². The number of carbonyl (C=O) groups is 3. The summed E-state index contributed by atoms with van der Waals surface area (Å²) in [5, 5.41) is 0. The van der Waals surface area contributed by atoms with Crippen molar-refractivity contribution in [3.63, 3.8) is 0 Å². The van der Waals surface area contributed by atoms with Crippen LogP contribution < -0.4 is 0 Å². The molecule has 7 nitrogen and oxygen atoms in total. The third kappa shape index (κ3) is 4.75. The molecule has 0 N–H and O–H groups in total. The second-order valence-electron chi connectivity index (χ2n) is 7.70. The topological polar surface area (TPSA) is 80.1 Å². The summed E-state index contributed by atoms with van der Waals surface area (Å²) < 4.78 is 10.4. The lowest BCUT2D eigenvalue weighted by atomic mass is 10.00. The van der Waals surface area contributed by atoms with Gasteiger partial charge in [-0.2, -0.15) is 0 Å². The largest absolute Gasteiger partial charge is 0.459 e. The molecule has 1 aliphatic heterocycles. The maximum absolute atomic E-state index is 12.5. The molecule has 30 heavy (non-hydrogen) atoms. The Morgan fingerprint density at radius 1 is 1.00 bits per heavy atom. The summed E-state index contributed by atoms with van der Waals surface area (Å²) in [6.45, 7) is 1.41. The lowest BCUT2D eigenvalue weighted by Crippen LogP contribution is -2.51. The molecule has 8 heteroatoms. The molecule has 2 aromatic rings. The predicted molar refractivity (Wildman–Crippen MR) is 112 cm³/mol. The number of amides is 2. The number of thiophene rings is 1. The van der Waals surface area contributed by atoms with E-state index in [1.54, 1.807) is 21.9 Å². The van der Waals surface area contributed by atoms with Crippen LogP contribution in [-0.4, -0.2) is 60.4 Å². The van der Waals surface area contributed by atoms with Crippen molar-refractivity contribution in [3.05, 3.63) is 45.5 Å². The third-order valence-corrected chi connectivity index (χ3v) is 6.89. The number of rotatable bonds is 4. The van der Waals surface area contributed by atoms with Gasteiger partial charge in [-0.05, 0) is 49.4 Å². The molecular formula is C22H26N2O5S. The Bertz CT molecular complexity index is 871. The van der Waals surface area contributed by atoms with Crippen LogP contribution in [0.25, 0.3) is 0 Å². The summed E-state index contributed by atoms with van der Waals surface area (Å²) in [4.78, 5) is 42.4. The van der Waals surface area contributed by atoms with Gasteiger partial charge < -0.3 is 19.0 Å². The van der Waals surface area contributed by atoms with Crippen LogP contribution >= 0.6 is 11.3 Å². The smallest absolute Gasteiger partial charge is 0.348 e. The summed E-state index contributed by atoms with van der Waals surface area (Å²) in [7, 11) is 0. The summed E-state index contributed by atoms with van der Waals surface area (Å²) >= 11 is 1.50. The number of aryl methyl sites for hydroxylation is 2. The number of ether oxygens (including phenoxy) is 1. The highest BCUT2D eigenvalue weighted by molar-refractivity contribution is 7.14. The van der Waals surface area contributed by atoms with Crippen LogP contribution in [0.3, 0.4) is 0 Å². The van der Waals surface area contributed by atoms with Crippen LogP contribution in [0, 0.1) is 0 Å². The number of fused-ring (bicyclic) bond motifs is 1. The Balaban J connectivity index is 1.25. The van der Waals surface area contributed by atoms with Gasteiger partial charge in [0.15, 0.2) is 12.4 Å². The molecule has 1 aliphatic carbocycles. The van der Waals surface area contributed by atoms with E-state index in [0.717, 1.165) is 25.7 Å². The highest BCUT2D eigenvalue weighted by Gasteiger charge is 2.27. The van der Waals surface area contributed by atoms with Crippen molar-refractivity contribution < 1.29 is 23.5 Å². The number of furan rings is 1. The fourth-order valence-corrected chi connectivity index (χ4v) is 5.10. The molecule has 4 rings (SSSR count). The fraction of sp³-hybridized carbons (Fsp3) is 0.500. The van der Waals surface area contributed by atoms with Gasteiger partial charge in [-0.1, -0.05) is 12.8 Å². The van der Waals surface area contributed by atoms with E-state index in [2.05, 4.69) is 0 Å². The van der Waals surface area contributed by atoms with Gasteiger partial charge in [0, 0.05) is 31.1 Å². The molecule has 0 spiro atoms. The van der Waals surface area contributed by atoms with Gasteiger partial charge in [0.25, 0.3) is 11.8 Å². The Morgan fingerprint density at radius 3 is 2.47 bits per heavy atom. The molecule has 1 fully saturated rings. The zero-order valence-corrected chi connectivity index (χ0v) is 17.7. The molecule has 0 saturated carbocycles. The molecule has 160 valence electrons. The Kier molecular flexibility index (Phi) is 6.52. The van der Waals surface area contributed by atoms with Crippen molar-refractivity contribution in [3.8, 4) is 0 Å². The van der Waals surface area contributed by atoms with E-state index >= 15 is 0 Å². The maximum Gasteiger partial charge on any atom is 0.348 e. The summed E-state index contributed by atoms with van der Waals surface area (Å²) in [6.07, 6.45) is 8.30. The number of carbonyl (C=O) groups excluding carboxylic acids is 3. The molecule has 0 unspecified atom stereocenters. The molecule has 0 bridgehead atoms. The first kappa shape index (κ1) is 20.7. The summed E-state index contributed by atoms with van der Waals surface area (Å²) in [5.74, 6) is -0.532. The van der Waals surface area contributed by atoms with Gasteiger partial charge in [-0.25, -0.2) is 4.79 Å². The first-order valence-corrected chi connectivity index (χ1v) is 11.3. The Labute approximate surface area is 179 Å². The minimum absolute atomic E-state index is 0.174. The number of piperazine rings is 1. The van der Waals surface area contributed by atoms with Crippen molar-refractivity contribution in [2.24, 2.45) is 0 Å². The van der Waals surface area contributed by atoms with Crippen LogP contribution in [0.2, 0.25) is 0 Å². The Morgan fingerprint density at radius 2 is 1.73 bits per heavy atom. The number of nitrogens with zero attached hydrogens (tertiary/aromatic N) is 2. The van der Waals surface area contributed by atoms with Crippen molar-refractivity contribution >= 4 is 29.1 Å².